The van der Waals surface area contributed by atoms with Crippen LogP contribution in [0.4, 0.5) is 0 Å². The molecule has 0 amide bonds. The lowest BCUT2D eigenvalue weighted by Crippen LogP contribution is -2.08. The second kappa shape index (κ2) is 7.89. The van der Waals surface area contributed by atoms with Gasteiger partial charge in [-0.15, -0.1) is 0 Å². The van der Waals surface area contributed by atoms with E-state index >= 15 is 0 Å². The molecular formula is C14H17BrO5. The van der Waals surface area contributed by atoms with E-state index in [0.29, 0.717) is 28.1 Å². The van der Waals surface area contributed by atoms with E-state index in [1.54, 1.807) is 19.1 Å². The van der Waals surface area contributed by atoms with Gasteiger partial charge in [0.15, 0.2) is 17.3 Å². The highest BCUT2D eigenvalue weighted by Crippen LogP contribution is 2.33. The number of carbonyl (C=O) groups excluding carboxylic acids is 2. The Balaban J connectivity index is 2.85. The summed E-state index contributed by atoms with van der Waals surface area (Å²) in [7, 11) is 3.02. The molecule has 1 rings (SSSR count). The number of halogens is 1. The molecule has 0 saturated heterocycles. The van der Waals surface area contributed by atoms with Crippen molar-refractivity contribution in [2.75, 3.05) is 20.8 Å². The smallest absolute Gasteiger partial charge is 0.306 e. The first kappa shape index (κ1) is 16.5. The second-order valence-corrected chi connectivity index (χ2v) is 4.77. The first-order chi connectivity index (χ1) is 9.53. The maximum atomic E-state index is 12.1. The van der Waals surface area contributed by atoms with Gasteiger partial charge in [-0.05, 0) is 35.0 Å². The van der Waals surface area contributed by atoms with E-state index in [0.717, 1.165) is 0 Å². The minimum Gasteiger partial charge on any atom is -0.493 e. The van der Waals surface area contributed by atoms with Crippen LogP contribution in [-0.2, 0) is 9.53 Å². The van der Waals surface area contributed by atoms with Crippen LogP contribution >= 0.6 is 15.9 Å². The summed E-state index contributed by atoms with van der Waals surface area (Å²) >= 11 is 3.32. The zero-order chi connectivity index (χ0) is 15.1. The highest BCUT2D eigenvalue weighted by atomic mass is 79.9. The maximum Gasteiger partial charge on any atom is 0.306 e. The number of hydrogen-bond donors (Lipinski definition) is 0. The van der Waals surface area contributed by atoms with E-state index in [9.17, 15) is 9.59 Å². The molecule has 0 N–H and O–H groups in total. The summed E-state index contributed by atoms with van der Waals surface area (Å²) in [6.07, 6.45) is 0.153. The van der Waals surface area contributed by atoms with E-state index < -0.39 is 0 Å². The molecule has 6 heteroatoms. The number of hydrogen-bond acceptors (Lipinski definition) is 5. The molecule has 110 valence electrons. The van der Waals surface area contributed by atoms with Crippen LogP contribution in [0.3, 0.4) is 0 Å². The monoisotopic (exact) mass is 344 g/mol. The van der Waals surface area contributed by atoms with E-state index in [4.69, 9.17) is 14.2 Å². The van der Waals surface area contributed by atoms with Crippen molar-refractivity contribution in [3.05, 3.63) is 22.2 Å². The van der Waals surface area contributed by atoms with Crippen LogP contribution < -0.4 is 9.47 Å². The number of Topliss-reactive ketones (excluding diaryl/α,β-unsaturated/α-hetero) is 1. The molecule has 1 aromatic carbocycles. The van der Waals surface area contributed by atoms with Crippen molar-refractivity contribution in [1.29, 1.82) is 0 Å². The Morgan fingerprint density at radius 3 is 2.25 bits per heavy atom. The average Bonchev–Trinajstić information content (AvgIpc) is 2.44. The van der Waals surface area contributed by atoms with E-state index in [2.05, 4.69) is 15.9 Å². The van der Waals surface area contributed by atoms with Gasteiger partial charge in [0.2, 0.25) is 0 Å². The van der Waals surface area contributed by atoms with E-state index in [-0.39, 0.29) is 24.6 Å². The Kier molecular flexibility index (Phi) is 6.51. The van der Waals surface area contributed by atoms with Gasteiger partial charge in [0.05, 0.1) is 27.2 Å². The summed E-state index contributed by atoms with van der Waals surface area (Å²) in [5.41, 5.74) is 0.451. The van der Waals surface area contributed by atoms with Gasteiger partial charge in [-0.3, -0.25) is 9.59 Å². The summed E-state index contributed by atoms with van der Waals surface area (Å²) in [4.78, 5) is 23.4. The lowest BCUT2D eigenvalue weighted by molar-refractivity contribution is -0.143. The Hall–Kier alpha value is -1.56. The largest absolute Gasteiger partial charge is 0.493 e. The van der Waals surface area contributed by atoms with Crippen LogP contribution in [0.5, 0.6) is 11.5 Å². The van der Waals surface area contributed by atoms with Gasteiger partial charge in [0, 0.05) is 16.5 Å². The zero-order valence-corrected chi connectivity index (χ0v) is 13.3. The number of methoxy groups -OCH3 is 2. The molecule has 0 heterocycles. The van der Waals surface area contributed by atoms with Gasteiger partial charge < -0.3 is 14.2 Å². The molecule has 20 heavy (non-hydrogen) atoms. The van der Waals surface area contributed by atoms with Crippen LogP contribution in [0.25, 0.3) is 0 Å². The number of esters is 1. The van der Waals surface area contributed by atoms with Gasteiger partial charge in [-0.25, -0.2) is 0 Å². The minimum atomic E-state index is -0.377. The summed E-state index contributed by atoms with van der Waals surface area (Å²) in [5.74, 6) is 0.458. The van der Waals surface area contributed by atoms with Gasteiger partial charge in [0.25, 0.3) is 0 Å². The first-order valence-corrected chi connectivity index (χ1v) is 6.93. The minimum absolute atomic E-state index is 0.0630. The molecule has 0 aliphatic rings. The Labute approximate surface area is 126 Å². The lowest BCUT2D eigenvalue weighted by atomic mass is 10.1. The van der Waals surface area contributed by atoms with Gasteiger partial charge >= 0.3 is 5.97 Å². The molecule has 0 unspecified atom stereocenters. The molecule has 5 nitrogen and oxygen atoms in total. The molecule has 0 bridgehead atoms. The zero-order valence-electron chi connectivity index (χ0n) is 11.7. The summed E-state index contributed by atoms with van der Waals surface area (Å²) < 4.78 is 15.7. The second-order valence-electron chi connectivity index (χ2n) is 3.92. The Morgan fingerprint density at radius 2 is 1.70 bits per heavy atom. The van der Waals surface area contributed by atoms with Gasteiger partial charge in [0.1, 0.15) is 0 Å². The van der Waals surface area contributed by atoms with Crippen LogP contribution in [-0.4, -0.2) is 32.6 Å². The fourth-order valence-corrected chi connectivity index (χ4v) is 2.19. The van der Waals surface area contributed by atoms with Crippen LogP contribution in [0.15, 0.2) is 16.6 Å². The molecule has 0 aliphatic carbocycles. The molecule has 0 atom stereocenters. The third-order valence-corrected chi connectivity index (χ3v) is 3.29. The fourth-order valence-electron chi connectivity index (χ4n) is 1.65. The number of carbonyl (C=O) groups is 2. The predicted octanol–water partition coefficient (Wildman–Crippen LogP) is 2.99. The van der Waals surface area contributed by atoms with Crippen molar-refractivity contribution in [3.63, 3.8) is 0 Å². The summed E-state index contributed by atoms with van der Waals surface area (Å²) in [6, 6.07) is 3.26. The topological polar surface area (TPSA) is 61.8 Å². The summed E-state index contributed by atoms with van der Waals surface area (Å²) in [5, 5.41) is 0. The third kappa shape index (κ3) is 4.23. The van der Waals surface area contributed by atoms with Crippen molar-refractivity contribution in [2.24, 2.45) is 0 Å². The Bertz CT molecular complexity index is 499. The SMILES string of the molecule is CCOC(=O)CCC(=O)c1cc(OC)c(OC)cc1Br. The molecule has 0 fully saturated rings. The molecule has 0 saturated carbocycles. The summed E-state index contributed by atoms with van der Waals surface area (Å²) in [6.45, 7) is 2.04. The van der Waals surface area contributed by atoms with Crippen molar-refractivity contribution in [3.8, 4) is 11.5 Å². The van der Waals surface area contributed by atoms with Crippen molar-refractivity contribution in [2.45, 2.75) is 19.8 Å². The van der Waals surface area contributed by atoms with Crippen molar-refractivity contribution < 1.29 is 23.8 Å². The normalized spacial score (nSPS) is 10.0. The highest BCUT2D eigenvalue weighted by Gasteiger charge is 2.16. The highest BCUT2D eigenvalue weighted by molar-refractivity contribution is 9.10. The average molecular weight is 345 g/mol. The predicted molar refractivity (Wildman–Crippen MR) is 77.4 cm³/mol. The van der Waals surface area contributed by atoms with Crippen LogP contribution in [0.2, 0.25) is 0 Å². The van der Waals surface area contributed by atoms with E-state index in [1.807, 2.05) is 0 Å². The molecule has 1 aromatic rings. The standard InChI is InChI=1S/C14H17BrO5/c1-4-20-14(17)6-5-11(16)9-7-12(18-2)13(19-3)8-10(9)15/h7-8H,4-6H2,1-3H3. The number of ketones is 1. The fraction of sp³-hybridized carbons (Fsp3) is 0.429. The molecule has 0 aromatic heterocycles. The van der Waals surface area contributed by atoms with Crippen LogP contribution in [0.1, 0.15) is 30.1 Å². The number of benzene rings is 1. The molecule has 0 radical (unpaired) electrons. The number of rotatable bonds is 7. The molecule has 0 aliphatic heterocycles. The lowest BCUT2D eigenvalue weighted by Gasteiger charge is -2.11. The third-order valence-electron chi connectivity index (χ3n) is 2.64. The van der Waals surface area contributed by atoms with Crippen molar-refractivity contribution >= 4 is 27.7 Å². The maximum absolute atomic E-state index is 12.1. The van der Waals surface area contributed by atoms with Gasteiger partial charge in [-0.2, -0.15) is 0 Å². The molecule has 0 spiro atoms. The number of ether oxygens (including phenoxy) is 3. The van der Waals surface area contributed by atoms with Crippen LogP contribution in [0, 0.1) is 0 Å². The van der Waals surface area contributed by atoms with E-state index in [1.165, 1.54) is 14.2 Å². The first-order valence-electron chi connectivity index (χ1n) is 6.13. The van der Waals surface area contributed by atoms with Gasteiger partial charge in [-0.1, -0.05) is 0 Å². The van der Waals surface area contributed by atoms with Crippen molar-refractivity contribution in [1.82, 2.24) is 0 Å². The molecular weight excluding hydrogens is 328 g/mol. The Morgan fingerprint density at radius 1 is 1.10 bits per heavy atom. The quantitative estimate of drug-likeness (QED) is 0.562.